The molecule has 0 aliphatic heterocycles. The molecule has 0 saturated carbocycles. The lowest BCUT2D eigenvalue weighted by atomic mass is 10.0. The van der Waals surface area contributed by atoms with Crippen LogP contribution >= 0.6 is 0 Å². The number of hydrogen-bond donors (Lipinski definition) is 1. The second-order valence-corrected chi connectivity index (χ2v) is 6.23. The largest absolute Gasteiger partial charge is 0.377 e. The third-order valence-corrected chi connectivity index (χ3v) is 3.73. The lowest BCUT2D eigenvalue weighted by molar-refractivity contribution is 0.0373. The van der Waals surface area contributed by atoms with Crippen LogP contribution in [0.2, 0.25) is 0 Å². The Balaban J connectivity index is 2.66. The summed E-state index contributed by atoms with van der Waals surface area (Å²) in [5.41, 5.74) is 4.02. The average molecular weight is 277 g/mol. The molecule has 0 aliphatic rings. The first kappa shape index (κ1) is 17.2. The molecule has 2 heteroatoms. The van der Waals surface area contributed by atoms with Gasteiger partial charge >= 0.3 is 0 Å². The average Bonchev–Trinajstić information content (AvgIpc) is 2.37. The van der Waals surface area contributed by atoms with Crippen LogP contribution in [-0.2, 0) is 4.74 Å². The van der Waals surface area contributed by atoms with Gasteiger partial charge in [-0.2, -0.15) is 0 Å². The molecule has 0 aliphatic carbocycles. The summed E-state index contributed by atoms with van der Waals surface area (Å²) in [5, 5.41) is 3.53. The molecule has 2 unspecified atom stereocenters. The van der Waals surface area contributed by atoms with Crippen molar-refractivity contribution in [3.63, 3.8) is 0 Å². The van der Waals surface area contributed by atoms with Gasteiger partial charge in [-0.05, 0) is 56.3 Å². The summed E-state index contributed by atoms with van der Waals surface area (Å²) in [5.74, 6) is 0.684. The highest BCUT2D eigenvalue weighted by Crippen LogP contribution is 2.19. The Morgan fingerprint density at radius 3 is 2.35 bits per heavy atom. The number of likely N-dealkylation sites (N-methyl/N-ethyl adjacent to an activating group) is 1. The van der Waals surface area contributed by atoms with E-state index >= 15 is 0 Å². The van der Waals surface area contributed by atoms with Crippen molar-refractivity contribution in [3.8, 4) is 0 Å². The molecule has 1 aromatic carbocycles. The maximum Gasteiger partial charge on any atom is 0.0665 e. The van der Waals surface area contributed by atoms with Gasteiger partial charge in [-0.1, -0.05) is 39.0 Å². The topological polar surface area (TPSA) is 21.3 Å². The van der Waals surface area contributed by atoms with Gasteiger partial charge in [-0.3, -0.25) is 0 Å². The summed E-state index contributed by atoms with van der Waals surface area (Å²) in [6.45, 7) is 14.8. The Kier molecular flexibility index (Phi) is 7.25. The summed E-state index contributed by atoms with van der Waals surface area (Å²) in [4.78, 5) is 0. The number of benzene rings is 1. The maximum atomic E-state index is 6.03. The minimum atomic E-state index is 0.286. The van der Waals surface area contributed by atoms with Gasteiger partial charge in [0.1, 0.15) is 0 Å². The van der Waals surface area contributed by atoms with E-state index in [2.05, 4.69) is 65.1 Å². The zero-order chi connectivity index (χ0) is 15.1. The molecule has 0 bridgehead atoms. The highest BCUT2D eigenvalue weighted by Gasteiger charge is 2.14. The smallest absolute Gasteiger partial charge is 0.0665 e. The third-order valence-electron chi connectivity index (χ3n) is 3.73. The number of aryl methyl sites for hydroxylation is 2. The Bertz CT molecular complexity index is 400. The van der Waals surface area contributed by atoms with Gasteiger partial charge in [0.2, 0.25) is 0 Å². The molecule has 20 heavy (non-hydrogen) atoms. The van der Waals surface area contributed by atoms with Crippen LogP contribution in [0.25, 0.3) is 0 Å². The molecule has 114 valence electrons. The Labute approximate surface area is 124 Å². The number of ether oxygens (including phenoxy) is 1. The first-order valence-electron chi connectivity index (χ1n) is 7.86. The van der Waals surface area contributed by atoms with Crippen LogP contribution in [0.15, 0.2) is 18.2 Å². The SMILES string of the molecule is CCNC(COC(C)CC(C)C)c1ccc(C)c(C)c1. The number of hydrogen-bond acceptors (Lipinski definition) is 2. The molecule has 0 heterocycles. The zero-order valence-electron chi connectivity index (χ0n) is 14.0. The fourth-order valence-corrected chi connectivity index (χ4v) is 2.49. The maximum absolute atomic E-state index is 6.03. The lowest BCUT2D eigenvalue weighted by Crippen LogP contribution is -2.27. The van der Waals surface area contributed by atoms with Gasteiger partial charge in [0, 0.05) is 0 Å². The van der Waals surface area contributed by atoms with Gasteiger partial charge in [0.15, 0.2) is 0 Å². The first-order valence-corrected chi connectivity index (χ1v) is 7.86. The highest BCUT2D eigenvalue weighted by molar-refractivity contribution is 5.31. The minimum Gasteiger partial charge on any atom is -0.377 e. The summed E-state index contributed by atoms with van der Waals surface area (Å²) >= 11 is 0. The molecule has 0 fully saturated rings. The molecule has 0 spiro atoms. The van der Waals surface area contributed by atoms with Crippen LogP contribution in [0, 0.1) is 19.8 Å². The zero-order valence-corrected chi connectivity index (χ0v) is 14.0. The normalized spacial score (nSPS) is 14.6. The van der Waals surface area contributed by atoms with Gasteiger partial charge in [0.25, 0.3) is 0 Å². The third kappa shape index (κ3) is 5.64. The van der Waals surface area contributed by atoms with Crippen molar-refractivity contribution in [2.45, 2.75) is 60.1 Å². The Hall–Kier alpha value is -0.860. The number of nitrogens with one attached hydrogen (secondary N) is 1. The first-order chi connectivity index (χ1) is 9.43. The van der Waals surface area contributed by atoms with E-state index in [4.69, 9.17) is 4.74 Å². The summed E-state index contributed by atoms with van der Waals surface area (Å²) in [7, 11) is 0. The van der Waals surface area contributed by atoms with Gasteiger partial charge in [-0.15, -0.1) is 0 Å². The molecule has 1 N–H and O–H groups in total. The molecular formula is C18H31NO. The number of rotatable bonds is 8. The molecule has 0 radical (unpaired) electrons. The molecule has 2 atom stereocenters. The Morgan fingerprint density at radius 2 is 1.80 bits per heavy atom. The van der Waals surface area contributed by atoms with Crippen molar-refractivity contribution in [2.24, 2.45) is 5.92 Å². The van der Waals surface area contributed by atoms with E-state index in [1.54, 1.807) is 0 Å². The van der Waals surface area contributed by atoms with Crippen LogP contribution in [-0.4, -0.2) is 19.3 Å². The molecule has 2 nitrogen and oxygen atoms in total. The van der Waals surface area contributed by atoms with Crippen molar-refractivity contribution in [3.05, 3.63) is 34.9 Å². The molecule has 1 rings (SSSR count). The van der Waals surface area contributed by atoms with Gasteiger partial charge < -0.3 is 10.1 Å². The quantitative estimate of drug-likeness (QED) is 0.760. The van der Waals surface area contributed by atoms with Crippen molar-refractivity contribution in [2.75, 3.05) is 13.2 Å². The molecule has 1 aromatic rings. The summed E-state index contributed by atoms with van der Waals surface area (Å²) in [6, 6.07) is 6.98. The van der Waals surface area contributed by atoms with E-state index in [1.807, 2.05) is 0 Å². The van der Waals surface area contributed by atoms with E-state index < -0.39 is 0 Å². The molecular weight excluding hydrogens is 246 g/mol. The Morgan fingerprint density at radius 1 is 1.10 bits per heavy atom. The van der Waals surface area contributed by atoms with Crippen LogP contribution in [0.4, 0.5) is 0 Å². The molecule has 0 saturated heterocycles. The van der Waals surface area contributed by atoms with E-state index in [9.17, 15) is 0 Å². The van der Waals surface area contributed by atoms with Crippen LogP contribution in [0.1, 0.15) is 56.8 Å². The molecule has 0 aromatic heterocycles. The standard InChI is InChI=1S/C18H31NO/c1-7-19-18(12-20-16(6)10-13(2)3)17-9-8-14(4)15(5)11-17/h8-9,11,13,16,18-19H,7,10,12H2,1-6H3. The molecule has 0 amide bonds. The van der Waals surface area contributed by atoms with Crippen LogP contribution < -0.4 is 5.32 Å². The highest BCUT2D eigenvalue weighted by atomic mass is 16.5. The van der Waals surface area contributed by atoms with E-state index in [-0.39, 0.29) is 6.04 Å². The minimum absolute atomic E-state index is 0.286. The van der Waals surface area contributed by atoms with Crippen molar-refractivity contribution in [1.82, 2.24) is 5.32 Å². The summed E-state index contributed by atoms with van der Waals surface area (Å²) < 4.78 is 6.03. The van der Waals surface area contributed by atoms with Crippen molar-refractivity contribution < 1.29 is 4.74 Å². The van der Waals surface area contributed by atoms with Crippen molar-refractivity contribution >= 4 is 0 Å². The van der Waals surface area contributed by atoms with Crippen LogP contribution in [0.3, 0.4) is 0 Å². The van der Waals surface area contributed by atoms with Crippen LogP contribution in [0.5, 0.6) is 0 Å². The van der Waals surface area contributed by atoms with Gasteiger partial charge in [0.05, 0.1) is 18.8 Å². The fraction of sp³-hybridized carbons (Fsp3) is 0.667. The van der Waals surface area contributed by atoms with E-state index in [1.165, 1.54) is 16.7 Å². The van der Waals surface area contributed by atoms with E-state index in [0.29, 0.717) is 12.0 Å². The predicted molar refractivity (Wildman–Crippen MR) is 87.2 cm³/mol. The second-order valence-electron chi connectivity index (χ2n) is 6.23. The van der Waals surface area contributed by atoms with Gasteiger partial charge in [-0.25, -0.2) is 0 Å². The van der Waals surface area contributed by atoms with E-state index in [0.717, 1.165) is 19.6 Å². The summed E-state index contributed by atoms with van der Waals surface area (Å²) in [6.07, 6.45) is 1.44. The van der Waals surface area contributed by atoms with Crippen molar-refractivity contribution in [1.29, 1.82) is 0 Å². The fourth-order valence-electron chi connectivity index (χ4n) is 2.49. The monoisotopic (exact) mass is 277 g/mol. The lowest BCUT2D eigenvalue weighted by Gasteiger charge is -2.23. The second kappa shape index (κ2) is 8.43. The predicted octanol–water partition coefficient (Wildman–Crippen LogP) is 4.41.